The third-order valence-electron chi connectivity index (χ3n) is 5.31. The highest BCUT2D eigenvalue weighted by atomic mass is 19.1. The van der Waals surface area contributed by atoms with Crippen LogP contribution in [0.3, 0.4) is 0 Å². The summed E-state index contributed by atoms with van der Waals surface area (Å²) in [6, 6.07) is 9.22. The molecule has 2 aromatic carbocycles. The summed E-state index contributed by atoms with van der Waals surface area (Å²) in [5.41, 5.74) is -1.56. The van der Waals surface area contributed by atoms with E-state index in [1.807, 2.05) is 0 Å². The van der Waals surface area contributed by atoms with E-state index in [1.54, 1.807) is 6.07 Å². The Morgan fingerprint density at radius 1 is 1.24 bits per heavy atom. The normalized spacial score (nSPS) is 21.7. The van der Waals surface area contributed by atoms with Crippen LogP contribution in [0.4, 0.5) is 8.78 Å². The summed E-state index contributed by atoms with van der Waals surface area (Å²) in [5.74, 6) is -3.05. The molecule has 0 bridgehead atoms. The number of carboxylic acid groups (broad SMARTS) is 1. The Kier molecular flexibility index (Phi) is 5.83. The van der Waals surface area contributed by atoms with Gasteiger partial charge in [-0.1, -0.05) is 12.1 Å². The highest BCUT2D eigenvalue weighted by Crippen LogP contribution is 2.35. The first kappa shape index (κ1) is 20.7. The highest BCUT2D eigenvalue weighted by molar-refractivity contribution is 5.95. The third kappa shape index (κ3) is 4.07. The van der Waals surface area contributed by atoms with Gasteiger partial charge in [0.25, 0.3) is 5.91 Å². The first-order chi connectivity index (χ1) is 13.8. The van der Waals surface area contributed by atoms with E-state index in [9.17, 15) is 28.6 Å². The van der Waals surface area contributed by atoms with E-state index in [-0.39, 0.29) is 37.2 Å². The second-order valence-corrected chi connectivity index (χ2v) is 7.14. The minimum absolute atomic E-state index is 0.00509. The van der Waals surface area contributed by atoms with Gasteiger partial charge in [0, 0.05) is 19.2 Å². The number of nitrogens with zero attached hydrogens (tertiary/aromatic N) is 1. The number of likely N-dealkylation sites (tertiary alicyclic amines) is 1. The lowest BCUT2D eigenvalue weighted by molar-refractivity contribution is -0.161. The van der Waals surface area contributed by atoms with Crippen molar-refractivity contribution in [2.45, 2.75) is 18.9 Å². The number of amides is 1. The minimum atomic E-state index is -1.73. The van der Waals surface area contributed by atoms with Gasteiger partial charge in [-0.3, -0.25) is 9.59 Å². The van der Waals surface area contributed by atoms with Crippen molar-refractivity contribution in [2.75, 3.05) is 20.2 Å². The second kappa shape index (κ2) is 8.16. The van der Waals surface area contributed by atoms with Gasteiger partial charge in [0.15, 0.2) is 0 Å². The number of carbonyl (C=O) groups excluding carboxylic acids is 1. The molecular weight excluding hydrogens is 384 g/mol. The summed E-state index contributed by atoms with van der Waals surface area (Å²) in [6.07, 6.45) is -1.41. The van der Waals surface area contributed by atoms with Crippen LogP contribution in [0.5, 0.6) is 5.75 Å². The van der Waals surface area contributed by atoms with E-state index in [1.165, 1.54) is 42.3 Å². The van der Waals surface area contributed by atoms with Crippen LogP contribution in [0.15, 0.2) is 42.5 Å². The number of piperidine rings is 1. The highest BCUT2D eigenvalue weighted by Gasteiger charge is 2.50. The van der Waals surface area contributed by atoms with Gasteiger partial charge in [-0.2, -0.15) is 0 Å². The van der Waals surface area contributed by atoms with Crippen molar-refractivity contribution < 1.29 is 33.3 Å². The van der Waals surface area contributed by atoms with Gasteiger partial charge in [-0.05, 0) is 42.7 Å². The van der Waals surface area contributed by atoms with Gasteiger partial charge in [0.1, 0.15) is 22.8 Å². The van der Waals surface area contributed by atoms with Gasteiger partial charge in [0.2, 0.25) is 0 Å². The number of hydrogen-bond donors (Lipinski definition) is 2. The van der Waals surface area contributed by atoms with Crippen LogP contribution in [0.2, 0.25) is 0 Å². The Bertz CT molecular complexity index is 935. The number of methoxy groups -OCH3 is 1. The number of aliphatic carboxylic acids is 1. The number of aliphatic hydroxyl groups is 1. The molecule has 0 aliphatic carbocycles. The zero-order chi connectivity index (χ0) is 21.2. The molecule has 1 aliphatic heterocycles. The Hall–Kier alpha value is -3.00. The van der Waals surface area contributed by atoms with Gasteiger partial charge in [-0.25, -0.2) is 8.78 Å². The van der Waals surface area contributed by atoms with E-state index in [0.29, 0.717) is 5.56 Å². The number of halogens is 2. The SMILES string of the molecule is COc1ccc(C(=O)N2CC[C@H](O)[C@](Cc3cccc(F)c3)(C(=O)O)C2)c(F)c1. The van der Waals surface area contributed by atoms with Crippen LogP contribution in [0, 0.1) is 17.0 Å². The zero-order valence-corrected chi connectivity index (χ0v) is 15.8. The first-order valence-electron chi connectivity index (χ1n) is 9.05. The fraction of sp³-hybridized carbons (Fsp3) is 0.333. The summed E-state index contributed by atoms with van der Waals surface area (Å²) in [4.78, 5) is 26.2. The van der Waals surface area contributed by atoms with E-state index in [2.05, 4.69) is 0 Å². The predicted octanol–water partition coefficient (Wildman–Crippen LogP) is 2.49. The molecule has 1 heterocycles. The summed E-state index contributed by atoms with van der Waals surface area (Å²) in [6.45, 7) is -0.256. The van der Waals surface area contributed by atoms with Crippen molar-refractivity contribution in [1.29, 1.82) is 0 Å². The van der Waals surface area contributed by atoms with Crippen molar-refractivity contribution in [1.82, 2.24) is 4.90 Å². The quantitative estimate of drug-likeness (QED) is 0.798. The maximum Gasteiger partial charge on any atom is 0.314 e. The molecule has 3 rings (SSSR count). The van der Waals surface area contributed by atoms with Crippen LogP contribution < -0.4 is 4.74 Å². The fourth-order valence-corrected chi connectivity index (χ4v) is 3.69. The maximum atomic E-state index is 14.3. The summed E-state index contributed by atoms with van der Waals surface area (Å²) in [7, 11) is 1.37. The third-order valence-corrected chi connectivity index (χ3v) is 5.31. The molecule has 1 saturated heterocycles. The van der Waals surface area contributed by atoms with Crippen LogP contribution in [-0.2, 0) is 11.2 Å². The zero-order valence-electron chi connectivity index (χ0n) is 15.8. The lowest BCUT2D eigenvalue weighted by Crippen LogP contribution is -2.58. The van der Waals surface area contributed by atoms with E-state index >= 15 is 0 Å². The van der Waals surface area contributed by atoms with Gasteiger partial charge >= 0.3 is 5.97 Å². The largest absolute Gasteiger partial charge is 0.497 e. The lowest BCUT2D eigenvalue weighted by atomic mass is 9.72. The van der Waals surface area contributed by atoms with Crippen molar-refractivity contribution >= 4 is 11.9 Å². The van der Waals surface area contributed by atoms with Crippen LogP contribution in [-0.4, -0.2) is 53.3 Å². The maximum absolute atomic E-state index is 14.3. The number of carboxylic acids is 1. The monoisotopic (exact) mass is 405 g/mol. The molecule has 1 aliphatic rings. The molecule has 8 heteroatoms. The molecule has 6 nitrogen and oxygen atoms in total. The molecule has 29 heavy (non-hydrogen) atoms. The Balaban J connectivity index is 1.91. The second-order valence-electron chi connectivity index (χ2n) is 7.14. The molecule has 2 N–H and O–H groups in total. The molecule has 0 radical (unpaired) electrons. The fourth-order valence-electron chi connectivity index (χ4n) is 3.69. The molecule has 1 amide bonds. The summed E-state index contributed by atoms with van der Waals surface area (Å²) >= 11 is 0. The van der Waals surface area contributed by atoms with Crippen LogP contribution >= 0.6 is 0 Å². The molecule has 2 aromatic rings. The van der Waals surface area contributed by atoms with Crippen LogP contribution in [0.1, 0.15) is 22.3 Å². The van der Waals surface area contributed by atoms with Crippen molar-refractivity contribution in [2.24, 2.45) is 5.41 Å². The van der Waals surface area contributed by atoms with Gasteiger partial charge in [0.05, 0.1) is 18.8 Å². The topological polar surface area (TPSA) is 87.1 Å². The van der Waals surface area contributed by atoms with Crippen LogP contribution in [0.25, 0.3) is 0 Å². The molecule has 0 unspecified atom stereocenters. The van der Waals surface area contributed by atoms with Gasteiger partial charge in [-0.15, -0.1) is 0 Å². The molecule has 2 atom stereocenters. The Morgan fingerprint density at radius 3 is 2.62 bits per heavy atom. The molecule has 0 spiro atoms. The molecule has 0 aromatic heterocycles. The number of hydrogen-bond acceptors (Lipinski definition) is 4. The van der Waals surface area contributed by atoms with E-state index in [0.717, 1.165) is 6.07 Å². The van der Waals surface area contributed by atoms with Crippen molar-refractivity contribution in [3.63, 3.8) is 0 Å². The van der Waals surface area contributed by atoms with E-state index < -0.39 is 35.0 Å². The molecule has 1 fully saturated rings. The smallest absolute Gasteiger partial charge is 0.314 e. The average Bonchev–Trinajstić information content (AvgIpc) is 2.69. The first-order valence-corrected chi connectivity index (χ1v) is 9.05. The van der Waals surface area contributed by atoms with Crippen molar-refractivity contribution in [3.05, 3.63) is 65.2 Å². The number of carbonyl (C=O) groups is 2. The minimum Gasteiger partial charge on any atom is -0.497 e. The number of rotatable bonds is 5. The Morgan fingerprint density at radius 2 is 2.00 bits per heavy atom. The summed E-state index contributed by atoms with van der Waals surface area (Å²) in [5, 5.41) is 20.4. The number of aliphatic hydroxyl groups excluding tert-OH is 1. The van der Waals surface area contributed by atoms with Gasteiger partial charge < -0.3 is 19.8 Å². The lowest BCUT2D eigenvalue weighted by Gasteiger charge is -2.43. The number of benzene rings is 2. The van der Waals surface area contributed by atoms with E-state index in [4.69, 9.17) is 4.74 Å². The molecule has 0 saturated carbocycles. The standard InChI is InChI=1S/C21H21F2NO5/c1-29-15-5-6-16(17(23)10-15)19(26)24-8-7-18(25)21(12-24,20(27)28)11-13-3-2-4-14(22)9-13/h2-6,9-10,18,25H,7-8,11-12H2,1H3,(H,27,28)/t18-,21+/m0/s1. The number of ether oxygens (including phenoxy) is 1. The Labute approximate surface area is 166 Å². The average molecular weight is 405 g/mol. The predicted molar refractivity (Wildman–Crippen MR) is 99.7 cm³/mol. The summed E-state index contributed by atoms with van der Waals surface area (Å²) < 4.78 is 32.8. The van der Waals surface area contributed by atoms with Crippen molar-refractivity contribution in [3.8, 4) is 5.75 Å². The molecular formula is C21H21F2NO5. The molecule has 154 valence electrons.